The van der Waals surface area contributed by atoms with Crippen molar-refractivity contribution in [2.24, 2.45) is 0 Å². The summed E-state index contributed by atoms with van der Waals surface area (Å²) in [7, 11) is 0. The number of nitrogens with one attached hydrogen (secondary N) is 1. The van der Waals surface area contributed by atoms with Crippen LogP contribution in [0.15, 0.2) is 77.4 Å². The van der Waals surface area contributed by atoms with Crippen LogP contribution in [0.1, 0.15) is 41.6 Å². The molecule has 3 rings (SSSR count). The topological polar surface area (TPSA) is 54.7 Å². The van der Waals surface area contributed by atoms with Crippen LogP contribution in [0.25, 0.3) is 0 Å². The maximum absolute atomic E-state index is 12.8. The molecule has 1 atom stereocenters. The average Bonchev–Trinajstić information content (AvgIpc) is 3.25. The van der Waals surface area contributed by atoms with Gasteiger partial charge in [0.05, 0.1) is 12.3 Å². The first kappa shape index (κ1) is 20.7. The van der Waals surface area contributed by atoms with Gasteiger partial charge in [0.15, 0.2) is 5.76 Å². The molecule has 1 amide bonds. The van der Waals surface area contributed by atoms with Crippen LogP contribution in [0.5, 0.6) is 5.75 Å². The number of amides is 1. The second-order valence-corrected chi connectivity index (χ2v) is 6.73. The van der Waals surface area contributed by atoms with Crippen molar-refractivity contribution in [3.63, 3.8) is 0 Å². The monoisotopic (exact) mass is 392 g/mol. The van der Waals surface area contributed by atoms with Crippen LogP contribution in [0.3, 0.4) is 0 Å². The van der Waals surface area contributed by atoms with Gasteiger partial charge in [-0.15, -0.1) is 0 Å². The first-order valence-corrected chi connectivity index (χ1v) is 10.0. The van der Waals surface area contributed by atoms with Crippen molar-refractivity contribution in [3.05, 3.63) is 89.9 Å². The molecule has 0 saturated carbocycles. The largest absolute Gasteiger partial charge is 0.489 e. The molecule has 1 aromatic heterocycles. The Kier molecular flexibility index (Phi) is 7.47. The van der Waals surface area contributed by atoms with Crippen molar-refractivity contribution in [2.75, 3.05) is 19.6 Å². The minimum atomic E-state index is -0.227. The summed E-state index contributed by atoms with van der Waals surface area (Å²) in [5.41, 5.74) is 1.91. The molecule has 0 spiro atoms. The van der Waals surface area contributed by atoms with Gasteiger partial charge in [-0.3, -0.25) is 9.69 Å². The Labute approximate surface area is 172 Å². The fraction of sp³-hybridized carbons (Fsp3) is 0.292. The summed E-state index contributed by atoms with van der Waals surface area (Å²) in [6, 6.07) is 21.7. The van der Waals surface area contributed by atoms with E-state index in [0.29, 0.717) is 12.3 Å². The number of ether oxygens (including phenoxy) is 1. The standard InChI is InChI=1S/C24H28N2O3/c1-3-26(4-2)22(19-11-7-5-8-12-19)17-25-24(27)23-20(15-16-28-23)18-29-21-13-9-6-10-14-21/h5-16,22H,3-4,17-18H2,1-2H3,(H,25,27). The predicted octanol–water partition coefficient (Wildman–Crippen LogP) is 4.67. The van der Waals surface area contributed by atoms with E-state index in [1.165, 1.54) is 11.8 Å². The third-order valence-corrected chi connectivity index (χ3v) is 4.98. The molecule has 5 nitrogen and oxygen atoms in total. The van der Waals surface area contributed by atoms with Gasteiger partial charge in [0, 0.05) is 12.1 Å². The van der Waals surface area contributed by atoms with Crippen molar-refractivity contribution in [1.82, 2.24) is 10.2 Å². The van der Waals surface area contributed by atoms with E-state index >= 15 is 0 Å². The van der Waals surface area contributed by atoms with Gasteiger partial charge in [0.1, 0.15) is 12.4 Å². The van der Waals surface area contributed by atoms with E-state index in [9.17, 15) is 4.79 Å². The molecule has 0 aliphatic carbocycles. The number of hydrogen-bond donors (Lipinski definition) is 1. The first-order valence-electron chi connectivity index (χ1n) is 10.0. The Balaban J connectivity index is 1.65. The van der Waals surface area contributed by atoms with Gasteiger partial charge in [-0.25, -0.2) is 0 Å². The lowest BCUT2D eigenvalue weighted by atomic mass is 10.0. The van der Waals surface area contributed by atoms with E-state index in [2.05, 4.69) is 36.2 Å². The van der Waals surface area contributed by atoms with E-state index in [1.54, 1.807) is 6.07 Å². The third-order valence-electron chi connectivity index (χ3n) is 4.98. The normalized spacial score (nSPS) is 12.0. The second kappa shape index (κ2) is 10.5. The summed E-state index contributed by atoms with van der Waals surface area (Å²) in [5.74, 6) is 0.827. The van der Waals surface area contributed by atoms with Gasteiger partial charge in [-0.1, -0.05) is 62.4 Å². The van der Waals surface area contributed by atoms with Gasteiger partial charge < -0.3 is 14.5 Å². The van der Waals surface area contributed by atoms with Crippen LogP contribution >= 0.6 is 0 Å². The van der Waals surface area contributed by atoms with E-state index in [-0.39, 0.29) is 18.6 Å². The van der Waals surface area contributed by atoms with Gasteiger partial charge in [0.25, 0.3) is 5.91 Å². The van der Waals surface area contributed by atoms with E-state index in [4.69, 9.17) is 9.15 Å². The van der Waals surface area contributed by atoms with Crippen LogP contribution in [-0.4, -0.2) is 30.4 Å². The lowest BCUT2D eigenvalue weighted by Gasteiger charge is -2.30. The molecule has 5 heteroatoms. The summed E-state index contributed by atoms with van der Waals surface area (Å²) >= 11 is 0. The van der Waals surface area contributed by atoms with E-state index in [1.807, 2.05) is 48.5 Å². The van der Waals surface area contributed by atoms with Gasteiger partial charge in [-0.05, 0) is 36.9 Å². The summed E-state index contributed by atoms with van der Waals surface area (Å²) in [6.45, 7) is 6.86. The number of benzene rings is 2. The fourth-order valence-corrected chi connectivity index (χ4v) is 3.39. The molecule has 2 aromatic carbocycles. The highest BCUT2D eigenvalue weighted by atomic mass is 16.5. The molecule has 0 aliphatic rings. The second-order valence-electron chi connectivity index (χ2n) is 6.73. The predicted molar refractivity (Wildman–Crippen MR) is 114 cm³/mol. The highest BCUT2D eigenvalue weighted by molar-refractivity contribution is 5.92. The molecule has 0 bridgehead atoms. The number of rotatable bonds is 10. The summed E-state index contributed by atoms with van der Waals surface area (Å²) < 4.78 is 11.2. The van der Waals surface area contributed by atoms with Crippen LogP contribution in [-0.2, 0) is 6.61 Å². The molecule has 29 heavy (non-hydrogen) atoms. The zero-order valence-electron chi connectivity index (χ0n) is 17.0. The molecular weight excluding hydrogens is 364 g/mol. The number of likely N-dealkylation sites (N-methyl/N-ethyl adjacent to an activating group) is 1. The van der Waals surface area contributed by atoms with Crippen molar-refractivity contribution in [2.45, 2.75) is 26.5 Å². The Hall–Kier alpha value is -3.05. The van der Waals surface area contributed by atoms with Crippen LogP contribution in [0, 0.1) is 0 Å². The molecular formula is C24H28N2O3. The molecule has 1 heterocycles. The molecule has 0 saturated heterocycles. The molecule has 0 fully saturated rings. The first-order chi connectivity index (χ1) is 14.2. The van der Waals surface area contributed by atoms with Crippen molar-refractivity contribution in [1.29, 1.82) is 0 Å². The third kappa shape index (κ3) is 5.48. The highest BCUT2D eigenvalue weighted by Crippen LogP contribution is 2.20. The number of furan rings is 1. The minimum Gasteiger partial charge on any atom is -0.489 e. The van der Waals surface area contributed by atoms with Crippen molar-refractivity contribution >= 4 is 5.91 Å². The molecule has 1 N–H and O–H groups in total. The number of carbonyl (C=O) groups excluding carboxylic acids is 1. The minimum absolute atomic E-state index is 0.106. The molecule has 0 aliphatic heterocycles. The maximum atomic E-state index is 12.8. The number of hydrogen-bond acceptors (Lipinski definition) is 4. The van der Waals surface area contributed by atoms with Crippen molar-refractivity contribution < 1.29 is 13.9 Å². The number of carbonyl (C=O) groups is 1. The lowest BCUT2D eigenvalue weighted by Crippen LogP contribution is -2.38. The van der Waals surface area contributed by atoms with Crippen molar-refractivity contribution in [3.8, 4) is 5.75 Å². The van der Waals surface area contributed by atoms with Crippen LogP contribution in [0.4, 0.5) is 0 Å². The maximum Gasteiger partial charge on any atom is 0.287 e. The summed E-state index contributed by atoms with van der Waals surface area (Å²) in [5, 5.41) is 3.04. The highest BCUT2D eigenvalue weighted by Gasteiger charge is 2.21. The molecule has 0 radical (unpaired) electrons. The Morgan fingerprint density at radius 2 is 1.66 bits per heavy atom. The quantitative estimate of drug-likeness (QED) is 0.545. The fourth-order valence-electron chi connectivity index (χ4n) is 3.39. The van der Waals surface area contributed by atoms with Gasteiger partial charge >= 0.3 is 0 Å². The Morgan fingerprint density at radius 1 is 1.00 bits per heavy atom. The summed E-state index contributed by atoms with van der Waals surface area (Å²) in [6.07, 6.45) is 1.53. The zero-order chi connectivity index (χ0) is 20.5. The number of nitrogens with zero attached hydrogens (tertiary/aromatic N) is 1. The van der Waals surface area contributed by atoms with E-state index < -0.39 is 0 Å². The van der Waals surface area contributed by atoms with Gasteiger partial charge in [-0.2, -0.15) is 0 Å². The molecule has 1 unspecified atom stereocenters. The van der Waals surface area contributed by atoms with E-state index in [0.717, 1.165) is 24.4 Å². The summed E-state index contributed by atoms with van der Waals surface area (Å²) in [4.78, 5) is 15.1. The lowest BCUT2D eigenvalue weighted by molar-refractivity contribution is 0.0904. The molecule has 152 valence electrons. The zero-order valence-corrected chi connectivity index (χ0v) is 17.0. The van der Waals surface area contributed by atoms with Crippen LogP contribution < -0.4 is 10.1 Å². The smallest absolute Gasteiger partial charge is 0.287 e. The Bertz CT molecular complexity index is 873. The molecule has 3 aromatic rings. The average molecular weight is 392 g/mol. The van der Waals surface area contributed by atoms with Gasteiger partial charge in [0.2, 0.25) is 0 Å². The van der Waals surface area contributed by atoms with Crippen LogP contribution in [0.2, 0.25) is 0 Å². The Morgan fingerprint density at radius 3 is 2.31 bits per heavy atom. The SMILES string of the molecule is CCN(CC)C(CNC(=O)c1occc1COc1ccccc1)c1ccccc1. The number of para-hydroxylation sites is 1.